The molecule has 2 aromatic carbocycles. The van der Waals surface area contributed by atoms with Gasteiger partial charge in [-0.15, -0.1) is 0 Å². The molecule has 0 aliphatic carbocycles. The van der Waals surface area contributed by atoms with Crippen LogP contribution in [0, 0.1) is 6.92 Å². The van der Waals surface area contributed by atoms with Crippen molar-refractivity contribution in [3.8, 4) is 0 Å². The van der Waals surface area contributed by atoms with Crippen LogP contribution in [-0.4, -0.2) is 37.5 Å². The lowest BCUT2D eigenvalue weighted by molar-refractivity contribution is -0.121. The fourth-order valence-corrected chi connectivity index (χ4v) is 2.84. The number of amides is 2. The van der Waals surface area contributed by atoms with Gasteiger partial charge in [-0.2, -0.15) is 0 Å². The van der Waals surface area contributed by atoms with E-state index in [0.717, 1.165) is 11.1 Å². The Morgan fingerprint density at radius 3 is 2.39 bits per heavy atom. The first-order valence-corrected chi connectivity index (χ1v) is 9.28. The number of nitrogens with zero attached hydrogens (tertiary/aromatic N) is 1. The van der Waals surface area contributed by atoms with Crippen LogP contribution >= 0.6 is 0 Å². The second kappa shape index (κ2) is 10.3. The first-order valence-electron chi connectivity index (χ1n) is 9.28. The molecule has 0 atom stereocenters. The van der Waals surface area contributed by atoms with Crippen molar-refractivity contribution in [2.24, 2.45) is 0 Å². The number of hydrogen-bond donors (Lipinski definition) is 1. The molecule has 0 heterocycles. The van der Waals surface area contributed by atoms with Crippen molar-refractivity contribution in [1.29, 1.82) is 0 Å². The summed E-state index contributed by atoms with van der Waals surface area (Å²) < 4.78 is 4.96. The van der Waals surface area contributed by atoms with E-state index in [1.165, 1.54) is 6.92 Å². The van der Waals surface area contributed by atoms with Crippen molar-refractivity contribution >= 4 is 23.5 Å². The maximum atomic E-state index is 12.1. The van der Waals surface area contributed by atoms with Gasteiger partial charge in [-0.25, -0.2) is 4.79 Å². The Bertz CT molecular complexity index is 831. The summed E-state index contributed by atoms with van der Waals surface area (Å²) in [5.41, 5.74) is 3.16. The highest BCUT2D eigenvalue weighted by molar-refractivity contribution is 5.93. The minimum atomic E-state index is -0.396. The van der Waals surface area contributed by atoms with Crippen LogP contribution in [-0.2, 0) is 20.7 Å². The second-order valence-corrected chi connectivity index (χ2v) is 6.45. The molecule has 1 N–H and O–H groups in total. The molecule has 0 aromatic heterocycles. The molecule has 0 fully saturated rings. The number of aryl methyl sites for hydroxylation is 1. The first kappa shape index (κ1) is 21.2. The van der Waals surface area contributed by atoms with Crippen LogP contribution in [0.4, 0.5) is 5.69 Å². The molecule has 0 aliphatic rings. The molecule has 2 amide bonds. The van der Waals surface area contributed by atoms with Gasteiger partial charge in [0.2, 0.25) is 11.8 Å². The van der Waals surface area contributed by atoms with Crippen molar-refractivity contribution in [2.45, 2.75) is 27.2 Å². The number of hydrogen-bond acceptors (Lipinski definition) is 4. The van der Waals surface area contributed by atoms with Gasteiger partial charge in [0.1, 0.15) is 0 Å². The van der Waals surface area contributed by atoms with Crippen LogP contribution < -0.4 is 10.2 Å². The van der Waals surface area contributed by atoms with Crippen molar-refractivity contribution in [1.82, 2.24) is 5.32 Å². The summed E-state index contributed by atoms with van der Waals surface area (Å²) in [5, 5.41) is 2.85. The van der Waals surface area contributed by atoms with E-state index in [1.54, 1.807) is 36.1 Å². The molecule has 0 unspecified atom stereocenters. The third kappa shape index (κ3) is 6.23. The van der Waals surface area contributed by atoms with E-state index in [0.29, 0.717) is 37.4 Å². The number of benzene rings is 2. The topological polar surface area (TPSA) is 75.7 Å². The molecule has 6 heteroatoms. The lowest BCUT2D eigenvalue weighted by atomic mass is 10.1. The largest absolute Gasteiger partial charge is 0.462 e. The second-order valence-electron chi connectivity index (χ2n) is 6.45. The van der Waals surface area contributed by atoms with Gasteiger partial charge in [-0.3, -0.25) is 9.59 Å². The van der Waals surface area contributed by atoms with Crippen LogP contribution in [0.15, 0.2) is 48.5 Å². The van der Waals surface area contributed by atoms with E-state index in [-0.39, 0.29) is 11.8 Å². The molecule has 0 saturated heterocycles. The summed E-state index contributed by atoms with van der Waals surface area (Å²) in [6.07, 6.45) is 0.302. The number of carbonyl (C=O) groups is 3. The first-order chi connectivity index (χ1) is 13.4. The Kier molecular flexibility index (Phi) is 7.75. The van der Waals surface area contributed by atoms with Gasteiger partial charge in [0.15, 0.2) is 0 Å². The SMILES string of the molecule is CCOC(=O)c1ccc(N(CCNC(=O)Cc2cccc(C)c2)C(C)=O)cc1. The number of carbonyl (C=O) groups excluding carboxylic acids is 3. The maximum absolute atomic E-state index is 12.1. The molecule has 2 aromatic rings. The average molecular weight is 382 g/mol. The van der Waals surface area contributed by atoms with Gasteiger partial charge in [0.25, 0.3) is 0 Å². The lowest BCUT2D eigenvalue weighted by Gasteiger charge is -2.21. The number of nitrogens with one attached hydrogen (secondary N) is 1. The van der Waals surface area contributed by atoms with Crippen LogP contribution in [0.5, 0.6) is 0 Å². The molecular weight excluding hydrogens is 356 g/mol. The molecule has 28 heavy (non-hydrogen) atoms. The summed E-state index contributed by atoms with van der Waals surface area (Å²) in [6, 6.07) is 14.4. The Labute approximate surface area is 165 Å². The lowest BCUT2D eigenvalue weighted by Crippen LogP contribution is -2.38. The van der Waals surface area contributed by atoms with Crippen molar-refractivity contribution in [3.05, 3.63) is 65.2 Å². The van der Waals surface area contributed by atoms with Crippen LogP contribution in [0.25, 0.3) is 0 Å². The summed E-state index contributed by atoms with van der Waals surface area (Å²) >= 11 is 0. The molecule has 148 valence electrons. The predicted molar refractivity (Wildman–Crippen MR) is 108 cm³/mol. The molecule has 0 saturated carbocycles. The summed E-state index contributed by atoms with van der Waals surface area (Å²) in [7, 11) is 0. The van der Waals surface area contributed by atoms with Crippen LogP contribution in [0.3, 0.4) is 0 Å². The zero-order valence-corrected chi connectivity index (χ0v) is 16.5. The quantitative estimate of drug-likeness (QED) is 0.713. The molecule has 0 aliphatic heterocycles. The Morgan fingerprint density at radius 1 is 1.07 bits per heavy atom. The summed E-state index contributed by atoms with van der Waals surface area (Å²) in [5.74, 6) is -0.629. The van der Waals surface area contributed by atoms with Crippen molar-refractivity contribution in [3.63, 3.8) is 0 Å². The number of esters is 1. The van der Waals surface area contributed by atoms with E-state index in [4.69, 9.17) is 4.74 Å². The molecule has 0 bridgehead atoms. The summed E-state index contributed by atoms with van der Waals surface area (Å²) in [6.45, 7) is 6.18. The minimum Gasteiger partial charge on any atom is -0.462 e. The zero-order chi connectivity index (χ0) is 20.5. The predicted octanol–water partition coefficient (Wildman–Crippen LogP) is 2.88. The minimum absolute atomic E-state index is 0.0910. The maximum Gasteiger partial charge on any atom is 0.338 e. The zero-order valence-electron chi connectivity index (χ0n) is 16.5. The molecule has 0 spiro atoms. The Hall–Kier alpha value is -3.15. The van der Waals surface area contributed by atoms with E-state index in [2.05, 4.69) is 5.32 Å². The van der Waals surface area contributed by atoms with Gasteiger partial charge in [0.05, 0.1) is 18.6 Å². The highest BCUT2D eigenvalue weighted by Gasteiger charge is 2.13. The molecule has 2 rings (SSSR count). The number of rotatable bonds is 8. The van der Waals surface area contributed by atoms with Gasteiger partial charge < -0.3 is 15.0 Å². The van der Waals surface area contributed by atoms with Gasteiger partial charge >= 0.3 is 5.97 Å². The van der Waals surface area contributed by atoms with Gasteiger partial charge in [-0.1, -0.05) is 29.8 Å². The third-order valence-corrected chi connectivity index (χ3v) is 4.17. The van der Waals surface area contributed by atoms with Gasteiger partial charge in [0, 0.05) is 25.7 Å². The van der Waals surface area contributed by atoms with E-state index >= 15 is 0 Å². The van der Waals surface area contributed by atoms with Crippen LogP contribution in [0.1, 0.15) is 35.3 Å². The normalized spacial score (nSPS) is 10.2. The van der Waals surface area contributed by atoms with Gasteiger partial charge in [-0.05, 0) is 43.7 Å². The van der Waals surface area contributed by atoms with Crippen LogP contribution in [0.2, 0.25) is 0 Å². The Morgan fingerprint density at radius 2 is 1.79 bits per heavy atom. The van der Waals surface area contributed by atoms with Crippen molar-refractivity contribution in [2.75, 3.05) is 24.6 Å². The third-order valence-electron chi connectivity index (χ3n) is 4.17. The summed E-state index contributed by atoms with van der Waals surface area (Å²) in [4.78, 5) is 37.4. The van der Waals surface area contributed by atoms with E-state index < -0.39 is 5.97 Å². The average Bonchev–Trinajstić information content (AvgIpc) is 2.65. The number of anilines is 1. The molecular formula is C22H26N2O4. The Balaban J connectivity index is 1.91. The standard InChI is InChI=1S/C22H26N2O4/c1-4-28-22(27)19-8-10-20(11-9-19)24(17(3)25)13-12-23-21(26)15-18-7-5-6-16(2)14-18/h5-11,14H,4,12-13,15H2,1-3H3,(H,23,26). The fraction of sp³-hybridized carbons (Fsp3) is 0.318. The molecule has 0 radical (unpaired) electrons. The van der Waals surface area contributed by atoms with E-state index in [1.807, 2.05) is 31.2 Å². The van der Waals surface area contributed by atoms with Crippen molar-refractivity contribution < 1.29 is 19.1 Å². The highest BCUT2D eigenvalue weighted by Crippen LogP contribution is 2.16. The molecule has 6 nitrogen and oxygen atoms in total. The smallest absolute Gasteiger partial charge is 0.338 e. The van der Waals surface area contributed by atoms with E-state index in [9.17, 15) is 14.4 Å². The fourth-order valence-electron chi connectivity index (χ4n) is 2.84. The highest BCUT2D eigenvalue weighted by atomic mass is 16.5. The monoisotopic (exact) mass is 382 g/mol. The number of ether oxygens (including phenoxy) is 1.